The van der Waals surface area contributed by atoms with Crippen molar-refractivity contribution in [1.82, 2.24) is 0 Å². The molecule has 0 spiro atoms. The quantitative estimate of drug-likeness (QED) is 0.400. The van der Waals surface area contributed by atoms with Crippen LogP contribution in [0.4, 0.5) is 0 Å². The summed E-state index contributed by atoms with van der Waals surface area (Å²) in [4.78, 5) is 9.31. The first kappa shape index (κ1) is 11.5. The van der Waals surface area contributed by atoms with Gasteiger partial charge in [-0.25, -0.2) is 0 Å². The van der Waals surface area contributed by atoms with Gasteiger partial charge >= 0.3 is 6.23 Å². The van der Waals surface area contributed by atoms with Gasteiger partial charge in [-0.15, -0.1) is 0 Å². The highest BCUT2D eigenvalue weighted by atomic mass is 16.7. The molecule has 0 saturated carbocycles. The van der Waals surface area contributed by atoms with E-state index in [4.69, 9.17) is 10.2 Å². The summed E-state index contributed by atoms with van der Waals surface area (Å²) in [7, 11) is 1.00. The molecular weight excluding hydrogens is 174 g/mol. The van der Waals surface area contributed by atoms with E-state index in [9.17, 15) is 10.1 Å². The van der Waals surface area contributed by atoms with Gasteiger partial charge in [-0.1, -0.05) is 18.2 Å². The first-order chi connectivity index (χ1) is 6.22. The topological polar surface area (TPSA) is 83.6 Å². The summed E-state index contributed by atoms with van der Waals surface area (Å²) < 4.78 is 0. The zero-order valence-electron chi connectivity index (χ0n) is 7.12. The van der Waals surface area contributed by atoms with Crippen molar-refractivity contribution in [2.75, 3.05) is 7.11 Å². The molecule has 0 fully saturated rings. The van der Waals surface area contributed by atoms with Gasteiger partial charge in [0, 0.05) is 7.11 Å². The van der Waals surface area contributed by atoms with Crippen LogP contribution < -0.4 is 0 Å². The van der Waals surface area contributed by atoms with Crippen LogP contribution in [0.15, 0.2) is 30.3 Å². The van der Waals surface area contributed by atoms with E-state index in [0.29, 0.717) is 5.56 Å². The second kappa shape index (κ2) is 6.10. The third kappa shape index (κ3) is 3.64. The van der Waals surface area contributed by atoms with Gasteiger partial charge < -0.3 is 10.2 Å². The van der Waals surface area contributed by atoms with Crippen LogP contribution in [0, 0.1) is 10.1 Å². The normalized spacial score (nSPS) is 11.0. The van der Waals surface area contributed by atoms with Gasteiger partial charge in [-0.2, -0.15) is 0 Å². The molecule has 72 valence electrons. The molecule has 0 bridgehead atoms. The summed E-state index contributed by atoms with van der Waals surface area (Å²) >= 11 is 0. The molecule has 1 aromatic rings. The van der Waals surface area contributed by atoms with E-state index in [2.05, 4.69) is 0 Å². The van der Waals surface area contributed by atoms with Crippen molar-refractivity contribution in [3.8, 4) is 0 Å². The lowest BCUT2D eigenvalue weighted by atomic mass is 10.2. The molecule has 0 amide bonds. The molecule has 0 radical (unpaired) electrons. The molecule has 0 heterocycles. The number of rotatable bonds is 2. The molecule has 1 atom stereocenters. The van der Waals surface area contributed by atoms with Crippen LogP contribution in [0.3, 0.4) is 0 Å². The van der Waals surface area contributed by atoms with Crippen molar-refractivity contribution in [2.24, 2.45) is 0 Å². The Labute approximate surface area is 75.4 Å². The maximum absolute atomic E-state index is 10.1. The van der Waals surface area contributed by atoms with Gasteiger partial charge in [0.05, 0.1) is 10.5 Å². The first-order valence-corrected chi connectivity index (χ1v) is 3.53. The lowest BCUT2D eigenvalue weighted by Gasteiger charge is -2.00. The number of aliphatic hydroxyl groups excluding tert-OH is 2. The summed E-state index contributed by atoms with van der Waals surface area (Å²) in [6.45, 7) is 0. The first-order valence-electron chi connectivity index (χ1n) is 3.53. The van der Waals surface area contributed by atoms with Crippen LogP contribution >= 0.6 is 0 Å². The van der Waals surface area contributed by atoms with E-state index in [-0.39, 0.29) is 0 Å². The molecule has 1 aromatic carbocycles. The van der Waals surface area contributed by atoms with Crippen molar-refractivity contribution in [3.63, 3.8) is 0 Å². The fraction of sp³-hybridized carbons (Fsp3) is 0.250. The van der Waals surface area contributed by atoms with Gasteiger partial charge in [0.15, 0.2) is 0 Å². The lowest BCUT2D eigenvalue weighted by molar-refractivity contribution is -0.578. The number of hydrogen-bond acceptors (Lipinski definition) is 4. The smallest absolute Gasteiger partial charge is 0.339 e. The molecule has 1 rings (SSSR count). The van der Waals surface area contributed by atoms with Gasteiger partial charge in [-0.3, -0.25) is 10.1 Å². The molecule has 0 aliphatic carbocycles. The number of hydrogen-bond donors (Lipinski definition) is 2. The van der Waals surface area contributed by atoms with Crippen LogP contribution in [0.1, 0.15) is 11.8 Å². The fourth-order valence-electron chi connectivity index (χ4n) is 0.747. The van der Waals surface area contributed by atoms with Crippen molar-refractivity contribution in [1.29, 1.82) is 0 Å². The minimum Gasteiger partial charge on any atom is -0.400 e. The van der Waals surface area contributed by atoms with Crippen molar-refractivity contribution in [3.05, 3.63) is 46.0 Å². The second-order valence-electron chi connectivity index (χ2n) is 2.07. The average molecular weight is 185 g/mol. The van der Waals surface area contributed by atoms with Crippen LogP contribution in [-0.4, -0.2) is 22.2 Å². The highest BCUT2D eigenvalue weighted by Crippen LogP contribution is 2.11. The van der Waals surface area contributed by atoms with E-state index in [1.165, 1.54) is 12.1 Å². The Balaban J connectivity index is 0.000000671. The van der Waals surface area contributed by atoms with Gasteiger partial charge in [0.1, 0.15) is 0 Å². The Morgan fingerprint density at radius 2 is 1.77 bits per heavy atom. The van der Waals surface area contributed by atoms with Crippen molar-refractivity contribution < 1.29 is 15.1 Å². The lowest BCUT2D eigenvalue weighted by Crippen LogP contribution is -2.08. The molecule has 0 aromatic heterocycles. The third-order valence-corrected chi connectivity index (χ3v) is 1.30. The highest BCUT2D eigenvalue weighted by molar-refractivity contribution is 5.15. The van der Waals surface area contributed by atoms with E-state index >= 15 is 0 Å². The van der Waals surface area contributed by atoms with Crippen molar-refractivity contribution >= 4 is 0 Å². The summed E-state index contributed by atoms with van der Waals surface area (Å²) in [5, 5.41) is 26.0. The minimum atomic E-state index is -1.60. The molecule has 13 heavy (non-hydrogen) atoms. The molecule has 0 aliphatic rings. The maximum atomic E-state index is 10.1. The number of nitro groups is 1. The van der Waals surface area contributed by atoms with Crippen LogP contribution in [0.25, 0.3) is 0 Å². The summed E-state index contributed by atoms with van der Waals surface area (Å²) in [5.41, 5.74) is 0.303. The Morgan fingerprint density at radius 1 is 1.31 bits per heavy atom. The molecule has 2 N–H and O–H groups in total. The zero-order valence-corrected chi connectivity index (χ0v) is 7.12. The Bertz CT molecular complexity index is 250. The molecule has 1 unspecified atom stereocenters. The largest absolute Gasteiger partial charge is 0.400 e. The standard InChI is InChI=1S/C7H7NO3.CH4O/c9-7(8(10)11)6-4-2-1-3-5-6;1-2/h1-5,7,9H;2H,1H3. The van der Waals surface area contributed by atoms with E-state index < -0.39 is 11.2 Å². The number of aliphatic hydroxyl groups is 2. The zero-order chi connectivity index (χ0) is 10.3. The van der Waals surface area contributed by atoms with Gasteiger partial charge in [0.25, 0.3) is 0 Å². The van der Waals surface area contributed by atoms with Gasteiger partial charge in [0.2, 0.25) is 0 Å². The molecule has 5 nitrogen and oxygen atoms in total. The Kier molecular flexibility index (Phi) is 5.42. The minimum absolute atomic E-state index is 0.303. The molecule has 0 saturated heterocycles. The summed E-state index contributed by atoms with van der Waals surface area (Å²) in [6.07, 6.45) is -1.60. The van der Waals surface area contributed by atoms with E-state index in [0.717, 1.165) is 7.11 Å². The summed E-state index contributed by atoms with van der Waals surface area (Å²) in [6, 6.07) is 8.03. The SMILES string of the molecule is CO.O=[N+]([O-])C(O)c1ccccc1. The number of benzene rings is 1. The third-order valence-electron chi connectivity index (χ3n) is 1.30. The van der Waals surface area contributed by atoms with Crippen molar-refractivity contribution in [2.45, 2.75) is 6.23 Å². The number of nitrogens with zero attached hydrogens (tertiary/aromatic N) is 1. The predicted octanol–water partition coefficient (Wildman–Crippen LogP) is 0.563. The molecule has 5 heteroatoms. The van der Waals surface area contributed by atoms with Gasteiger partial charge in [-0.05, 0) is 12.1 Å². The monoisotopic (exact) mass is 185 g/mol. The van der Waals surface area contributed by atoms with E-state index in [1.807, 2.05) is 0 Å². The fourth-order valence-corrected chi connectivity index (χ4v) is 0.747. The predicted molar refractivity (Wildman–Crippen MR) is 46.5 cm³/mol. The summed E-state index contributed by atoms with van der Waals surface area (Å²) in [5.74, 6) is 0. The Morgan fingerprint density at radius 3 is 2.15 bits per heavy atom. The van der Waals surface area contributed by atoms with Crippen LogP contribution in [0.2, 0.25) is 0 Å². The van der Waals surface area contributed by atoms with Crippen LogP contribution in [-0.2, 0) is 0 Å². The maximum Gasteiger partial charge on any atom is 0.339 e. The van der Waals surface area contributed by atoms with E-state index in [1.54, 1.807) is 18.2 Å². The molecular formula is C8H11NO4. The Hall–Kier alpha value is -1.46. The highest BCUT2D eigenvalue weighted by Gasteiger charge is 2.16. The van der Waals surface area contributed by atoms with Crippen LogP contribution in [0.5, 0.6) is 0 Å². The average Bonchev–Trinajstić information content (AvgIpc) is 2.21. The second-order valence-corrected chi connectivity index (χ2v) is 2.07. The molecule has 0 aliphatic heterocycles.